The Bertz CT molecular complexity index is 874. The Morgan fingerprint density at radius 3 is 2.70 bits per heavy atom. The molecular formula is C18H18N4O4S. The maximum Gasteiger partial charge on any atom is 0.292 e. The molecule has 2 amide bonds. The zero-order chi connectivity index (χ0) is 19.2. The predicted molar refractivity (Wildman–Crippen MR) is 104 cm³/mol. The normalized spacial score (nSPS) is 13.0. The summed E-state index contributed by atoms with van der Waals surface area (Å²) in [6.45, 7) is 0.558. The number of thioether (sulfide) groups is 1. The van der Waals surface area contributed by atoms with Crippen LogP contribution in [0.25, 0.3) is 0 Å². The lowest BCUT2D eigenvalue weighted by atomic mass is 10.2. The van der Waals surface area contributed by atoms with Crippen molar-refractivity contribution in [2.45, 2.75) is 4.90 Å². The van der Waals surface area contributed by atoms with E-state index in [2.05, 4.69) is 10.6 Å². The molecule has 0 saturated carbocycles. The average molecular weight is 386 g/mol. The van der Waals surface area contributed by atoms with E-state index in [0.29, 0.717) is 18.0 Å². The number of hydrogen-bond donors (Lipinski definition) is 2. The number of nitro groups is 1. The minimum absolute atomic E-state index is 0.0168. The summed E-state index contributed by atoms with van der Waals surface area (Å²) in [6.07, 6.45) is 0. The van der Waals surface area contributed by atoms with Crippen LogP contribution in [0.2, 0.25) is 0 Å². The Balaban J connectivity index is 1.51. The van der Waals surface area contributed by atoms with E-state index in [1.807, 2.05) is 24.3 Å². The molecule has 2 aromatic carbocycles. The number of anilines is 2. The highest BCUT2D eigenvalue weighted by Crippen LogP contribution is 2.34. The Hall–Kier alpha value is -3.07. The SMILES string of the molecule is O=C(CN1C(=O)CSc2ccccc21)NCCNc1ccccc1[N+](=O)[O-]. The summed E-state index contributed by atoms with van der Waals surface area (Å²) in [6, 6.07) is 13.8. The second kappa shape index (κ2) is 8.54. The fraction of sp³-hybridized carbons (Fsp3) is 0.222. The van der Waals surface area contributed by atoms with Crippen LogP contribution in [0.15, 0.2) is 53.4 Å². The molecule has 0 fully saturated rings. The van der Waals surface area contributed by atoms with Crippen molar-refractivity contribution in [2.24, 2.45) is 0 Å². The standard InChI is InChI=1S/C18H18N4O4S/c23-17(11-21-15-7-3-4-8-16(15)27-12-18(21)24)20-10-9-19-13-5-1-2-6-14(13)22(25)26/h1-8,19H,9-12H2,(H,20,23). The molecule has 3 rings (SSSR count). The first-order valence-electron chi connectivity index (χ1n) is 8.32. The number of carbonyl (C=O) groups is 2. The molecule has 0 aromatic heterocycles. The second-order valence-electron chi connectivity index (χ2n) is 5.79. The van der Waals surface area contributed by atoms with Gasteiger partial charge in [-0.25, -0.2) is 0 Å². The third-order valence-electron chi connectivity index (χ3n) is 3.97. The smallest absolute Gasteiger partial charge is 0.292 e. The van der Waals surface area contributed by atoms with Gasteiger partial charge in [-0.15, -0.1) is 11.8 Å². The van der Waals surface area contributed by atoms with Crippen molar-refractivity contribution in [3.8, 4) is 0 Å². The van der Waals surface area contributed by atoms with Crippen molar-refractivity contribution < 1.29 is 14.5 Å². The number of para-hydroxylation sites is 3. The summed E-state index contributed by atoms with van der Waals surface area (Å²) >= 11 is 1.46. The molecule has 1 aliphatic heterocycles. The van der Waals surface area contributed by atoms with Crippen LogP contribution in [0.1, 0.15) is 0 Å². The van der Waals surface area contributed by atoms with E-state index in [-0.39, 0.29) is 30.6 Å². The maximum absolute atomic E-state index is 12.2. The molecule has 140 valence electrons. The number of fused-ring (bicyclic) bond motifs is 1. The van der Waals surface area contributed by atoms with Crippen LogP contribution in [0.5, 0.6) is 0 Å². The molecule has 0 bridgehead atoms. The fourth-order valence-corrected chi connectivity index (χ4v) is 3.64. The van der Waals surface area contributed by atoms with Crippen LogP contribution in [-0.4, -0.2) is 42.1 Å². The van der Waals surface area contributed by atoms with E-state index in [4.69, 9.17) is 0 Å². The number of amides is 2. The monoisotopic (exact) mass is 386 g/mol. The van der Waals surface area contributed by atoms with Gasteiger partial charge in [0.1, 0.15) is 12.2 Å². The molecule has 1 heterocycles. The Morgan fingerprint density at radius 1 is 1.15 bits per heavy atom. The summed E-state index contributed by atoms with van der Waals surface area (Å²) < 4.78 is 0. The highest BCUT2D eigenvalue weighted by molar-refractivity contribution is 8.00. The molecule has 9 heteroatoms. The zero-order valence-corrected chi connectivity index (χ0v) is 15.2. The molecule has 0 unspecified atom stereocenters. The topological polar surface area (TPSA) is 105 Å². The summed E-state index contributed by atoms with van der Waals surface area (Å²) in [5, 5.41) is 16.6. The molecule has 0 atom stereocenters. The third-order valence-corrected chi connectivity index (χ3v) is 5.02. The van der Waals surface area contributed by atoms with Crippen LogP contribution in [-0.2, 0) is 9.59 Å². The Morgan fingerprint density at radius 2 is 1.89 bits per heavy atom. The maximum atomic E-state index is 12.2. The first-order valence-corrected chi connectivity index (χ1v) is 9.31. The van der Waals surface area contributed by atoms with Gasteiger partial charge in [-0.3, -0.25) is 19.7 Å². The average Bonchev–Trinajstić information content (AvgIpc) is 2.67. The molecule has 0 saturated heterocycles. The van der Waals surface area contributed by atoms with E-state index in [0.717, 1.165) is 10.6 Å². The molecule has 8 nitrogen and oxygen atoms in total. The number of nitrogens with one attached hydrogen (secondary N) is 2. The van der Waals surface area contributed by atoms with Gasteiger partial charge in [-0.2, -0.15) is 0 Å². The van der Waals surface area contributed by atoms with Gasteiger partial charge in [-0.05, 0) is 18.2 Å². The first kappa shape index (κ1) is 18.7. The molecule has 27 heavy (non-hydrogen) atoms. The van der Waals surface area contributed by atoms with E-state index in [1.165, 1.54) is 22.7 Å². The lowest BCUT2D eigenvalue weighted by Crippen LogP contribution is -2.44. The van der Waals surface area contributed by atoms with Crippen molar-refractivity contribution in [3.05, 3.63) is 58.6 Å². The van der Waals surface area contributed by atoms with Crippen LogP contribution < -0.4 is 15.5 Å². The Kier molecular flexibility index (Phi) is 5.92. The van der Waals surface area contributed by atoms with E-state index in [1.54, 1.807) is 18.2 Å². The summed E-state index contributed by atoms with van der Waals surface area (Å²) in [5.41, 5.74) is 1.12. The molecular weight excluding hydrogens is 368 g/mol. The van der Waals surface area contributed by atoms with Crippen molar-refractivity contribution in [1.29, 1.82) is 0 Å². The number of nitro benzene ring substituents is 1. The van der Waals surface area contributed by atoms with Crippen molar-refractivity contribution in [1.82, 2.24) is 5.32 Å². The molecule has 2 N–H and O–H groups in total. The van der Waals surface area contributed by atoms with Gasteiger partial charge in [0.2, 0.25) is 11.8 Å². The number of hydrogen-bond acceptors (Lipinski definition) is 6. The highest BCUT2D eigenvalue weighted by atomic mass is 32.2. The molecule has 1 aliphatic rings. The zero-order valence-electron chi connectivity index (χ0n) is 14.4. The first-order chi connectivity index (χ1) is 13.1. The van der Waals surface area contributed by atoms with Gasteiger partial charge >= 0.3 is 0 Å². The molecule has 0 spiro atoms. The van der Waals surface area contributed by atoms with Crippen molar-refractivity contribution in [2.75, 3.05) is 35.6 Å². The second-order valence-corrected chi connectivity index (χ2v) is 6.80. The number of nitrogens with zero attached hydrogens (tertiary/aromatic N) is 2. The third kappa shape index (κ3) is 4.56. The van der Waals surface area contributed by atoms with Crippen LogP contribution in [0.3, 0.4) is 0 Å². The van der Waals surface area contributed by atoms with Gasteiger partial charge in [0.25, 0.3) is 5.69 Å². The van der Waals surface area contributed by atoms with Crippen molar-refractivity contribution in [3.63, 3.8) is 0 Å². The molecule has 0 radical (unpaired) electrons. The largest absolute Gasteiger partial charge is 0.378 e. The van der Waals surface area contributed by atoms with Gasteiger partial charge in [-0.1, -0.05) is 24.3 Å². The summed E-state index contributed by atoms with van der Waals surface area (Å²) in [5.74, 6) is -0.0786. The van der Waals surface area contributed by atoms with Crippen LogP contribution in [0, 0.1) is 10.1 Å². The minimum atomic E-state index is -0.460. The highest BCUT2D eigenvalue weighted by Gasteiger charge is 2.26. The van der Waals surface area contributed by atoms with Gasteiger partial charge < -0.3 is 15.5 Å². The quantitative estimate of drug-likeness (QED) is 0.430. The fourth-order valence-electron chi connectivity index (χ4n) is 2.71. The lowest BCUT2D eigenvalue weighted by Gasteiger charge is -2.28. The number of carbonyl (C=O) groups excluding carboxylic acids is 2. The van der Waals surface area contributed by atoms with Gasteiger partial charge in [0, 0.05) is 24.1 Å². The van der Waals surface area contributed by atoms with Crippen molar-refractivity contribution >= 4 is 40.6 Å². The number of rotatable bonds is 7. The summed E-state index contributed by atoms with van der Waals surface area (Å²) in [4.78, 5) is 37.3. The van der Waals surface area contributed by atoms with E-state index < -0.39 is 4.92 Å². The molecule has 2 aromatic rings. The predicted octanol–water partition coefficient (Wildman–Crippen LogP) is 2.26. The van der Waals surface area contributed by atoms with E-state index in [9.17, 15) is 19.7 Å². The van der Waals surface area contributed by atoms with Gasteiger partial charge in [0.15, 0.2) is 0 Å². The minimum Gasteiger partial charge on any atom is -0.378 e. The van der Waals surface area contributed by atoms with E-state index >= 15 is 0 Å². The van der Waals surface area contributed by atoms with Crippen LogP contribution >= 0.6 is 11.8 Å². The van der Waals surface area contributed by atoms with Crippen LogP contribution in [0.4, 0.5) is 17.1 Å². The Labute approximate surface area is 160 Å². The van der Waals surface area contributed by atoms with Gasteiger partial charge in [0.05, 0.1) is 16.4 Å². The summed E-state index contributed by atoms with van der Waals surface area (Å²) in [7, 11) is 0. The lowest BCUT2D eigenvalue weighted by molar-refractivity contribution is -0.384. The number of benzene rings is 2. The molecule has 0 aliphatic carbocycles.